The maximum absolute atomic E-state index is 5.18. The maximum Gasteiger partial charge on any atom is 0.238 e. The highest BCUT2D eigenvalue weighted by atomic mass is 15.2. The van der Waals surface area contributed by atoms with E-state index < -0.39 is 0 Å². The Kier molecular flexibility index (Phi) is 5.37. The van der Waals surface area contributed by atoms with Gasteiger partial charge in [-0.1, -0.05) is 134 Å². The molecule has 49 heavy (non-hydrogen) atoms. The predicted molar refractivity (Wildman–Crippen MR) is 199 cm³/mol. The van der Waals surface area contributed by atoms with Gasteiger partial charge in [0.2, 0.25) is 5.95 Å². The number of para-hydroxylation sites is 3. The Morgan fingerprint density at radius 1 is 0.531 bits per heavy atom. The molecule has 0 spiro atoms. The molecular weight excluding hydrogens is 599 g/mol. The van der Waals surface area contributed by atoms with Crippen molar-refractivity contribution in [3.05, 3.63) is 149 Å². The molecule has 0 saturated heterocycles. The van der Waals surface area contributed by atoms with Crippen molar-refractivity contribution >= 4 is 61.9 Å². The molecule has 11 rings (SSSR count). The van der Waals surface area contributed by atoms with Crippen molar-refractivity contribution in [2.24, 2.45) is 11.8 Å². The summed E-state index contributed by atoms with van der Waals surface area (Å²) < 4.78 is 4.75. The molecule has 0 fully saturated rings. The Balaban J connectivity index is 1.28. The number of rotatable bonds is 3. The minimum absolute atomic E-state index is 0.245. The number of aromatic nitrogens is 5. The van der Waals surface area contributed by atoms with Gasteiger partial charge in [-0.05, 0) is 29.7 Å². The van der Waals surface area contributed by atoms with Crippen LogP contribution in [0.25, 0.3) is 90.6 Å². The smallest absolute Gasteiger partial charge is 0.238 e. The van der Waals surface area contributed by atoms with E-state index in [0.717, 1.165) is 22.0 Å². The van der Waals surface area contributed by atoms with E-state index in [0.29, 0.717) is 23.5 Å². The second-order valence-corrected chi connectivity index (χ2v) is 13.3. The lowest BCUT2D eigenvalue weighted by Crippen LogP contribution is -2.41. The molecular formula is C44H29N5. The van der Waals surface area contributed by atoms with Crippen molar-refractivity contribution in [3.63, 3.8) is 0 Å². The molecule has 9 aromatic rings. The summed E-state index contributed by atoms with van der Waals surface area (Å²) in [4.78, 5) is 15.3. The SMILES string of the molecule is CC1C=c2c(c3cccc4c5ccccc5n2c34)=C2C=c3c(c4ccccc4n3-c3nc(-c4ccccc4)nc(-c4ccccc4)n3)=CC21. The van der Waals surface area contributed by atoms with Gasteiger partial charge < -0.3 is 4.40 Å². The van der Waals surface area contributed by atoms with E-state index in [9.17, 15) is 0 Å². The van der Waals surface area contributed by atoms with Gasteiger partial charge in [-0.25, -0.2) is 4.98 Å². The van der Waals surface area contributed by atoms with Crippen molar-refractivity contribution < 1.29 is 0 Å². The highest BCUT2D eigenvalue weighted by Gasteiger charge is 2.29. The van der Waals surface area contributed by atoms with Crippen molar-refractivity contribution in [3.8, 4) is 28.7 Å². The van der Waals surface area contributed by atoms with Gasteiger partial charge in [-0.15, -0.1) is 0 Å². The van der Waals surface area contributed by atoms with Gasteiger partial charge in [0.05, 0.1) is 27.2 Å². The molecule has 0 saturated carbocycles. The van der Waals surface area contributed by atoms with Crippen LogP contribution < -0.4 is 21.1 Å². The molecule has 0 amide bonds. The van der Waals surface area contributed by atoms with E-state index >= 15 is 0 Å². The van der Waals surface area contributed by atoms with Crippen LogP contribution >= 0.6 is 0 Å². The lowest BCUT2D eigenvalue weighted by atomic mass is 9.79. The summed E-state index contributed by atoms with van der Waals surface area (Å²) in [6.07, 6.45) is 7.42. The molecule has 0 radical (unpaired) electrons. The predicted octanol–water partition coefficient (Wildman–Crippen LogP) is 6.62. The van der Waals surface area contributed by atoms with Crippen LogP contribution in [0.1, 0.15) is 6.92 Å². The second-order valence-electron chi connectivity index (χ2n) is 13.3. The molecule has 5 heteroatoms. The molecule has 230 valence electrons. The Bertz CT molecular complexity index is 3000. The molecule has 0 bridgehead atoms. The molecule has 5 aromatic carbocycles. The standard InChI is InChI=1S/C44H29N5/c1-26-23-39-40(32-20-12-19-31-29-17-8-10-21-36(29)48(39)41(31)32)35-25-38-34(24-33(26)35)30-18-9-11-22-37(30)49(38)44-46-42(27-13-4-2-5-14-27)45-43(47-44)28-15-6-3-7-16-28/h2-26,33H,1H3. The van der Waals surface area contributed by atoms with E-state index in [1.165, 1.54) is 53.9 Å². The molecule has 2 aliphatic carbocycles. The average Bonchev–Trinajstić information content (AvgIpc) is 3.80. The minimum atomic E-state index is 0.245. The summed E-state index contributed by atoms with van der Waals surface area (Å²) in [6.45, 7) is 2.36. The van der Waals surface area contributed by atoms with Gasteiger partial charge in [0, 0.05) is 49.0 Å². The molecule has 4 aromatic heterocycles. The second kappa shape index (κ2) is 9.85. The summed E-state index contributed by atoms with van der Waals surface area (Å²) in [6, 6.07) is 44.6. The maximum atomic E-state index is 5.18. The molecule has 4 heterocycles. The van der Waals surface area contributed by atoms with E-state index in [-0.39, 0.29) is 5.92 Å². The Labute approximate surface area is 281 Å². The van der Waals surface area contributed by atoms with E-state index in [1.807, 2.05) is 36.4 Å². The number of nitrogens with zero attached hydrogens (tertiary/aromatic N) is 5. The van der Waals surface area contributed by atoms with E-state index in [1.54, 1.807) is 0 Å². The van der Waals surface area contributed by atoms with Crippen LogP contribution in [0.2, 0.25) is 0 Å². The van der Waals surface area contributed by atoms with Crippen LogP contribution in [0.15, 0.2) is 127 Å². The van der Waals surface area contributed by atoms with Crippen molar-refractivity contribution in [1.82, 2.24) is 23.9 Å². The molecule has 2 aliphatic rings. The zero-order valence-electron chi connectivity index (χ0n) is 26.7. The first-order valence-electron chi connectivity index (χ1n) is 16.9. The van der Waals surface area contributed by atoms with Gasteiger partial charge in [-0.2, -0.15) is 9.97 Å². The number of fused-ring (bicyclic) bond motifs is 10. The summed E-state index contributed by atoms with van der Waals surface area (Å²) in [5, 5.41) is 10.1. The lowest BCUT2D eigenvalue weighted by molar-refractivity contribution is 0.677. The fourth-order valence-electron chi connectivity index (χ4n) is 8.44. The van der Waals surface area contributed by atoms with Crippen molar-refractivity contribution in [2.75, 3.05) is 0 Å². The zero-order valence-corrected chi connectivity index (χ0v) is 26.7. The van der Waals surface area contributed by atoms with Gasteiger partial charge >= 0.3 is 0 Å². The highest BCUT2D eigenvalue weighted by Crippen LogP contribution is 2.34. The zero-order chi connectivity index (χ0) is 32.2. The first kappa shape index (κ1) is 26.7. The lowest BCUT2D eigenvalue weighted by Gasteiger charge is -2.25. The Hall–Kier alpha value is -6.33. The van der Waals surface area contributed by atoms with Gasteiger partial charge in [-0.3, -0.25) is 4.57 Å². The molecule has 0 aliphatic heterocycles. The third-order valence-corrected chi connectivity index (χ3v) is 10.6. The minimum Gasteiger partial charge on any atom is -0.308 e. The molecule has 5 nitrogen and oxygen atoms in total. The van der Waals surface area contributed by atoms with E-state index in [4.69, 9.17) is 15.0 Å². The van der Waals surface area contributed by atoms with Crippen molar-refractivity contribution in [1.29, 1.82) is 0 Å². The van der Waals surface area contributed by atoms with Gasteiger partial charge in [0.25, 0.3) is 0 Å². The fraction of sp³-hybridized carbons (Fsp3) is 0.0682. The Morgan fingerprint density at radius 2 is 1.14 bits per heavy atom. The monoisotopic (exact) mass is 627 g/mol. The first-order chi connectivity index (χ1) is 24.2. The normalized spacial score (nSPS) is 16.7. The van der Waals surface area contributed by atoms with Crippen LogP contribution in [0, 0.1) is 11.8 Å². The summed E-state index contributed by atoms with van der Waals surface area (Å²) >= 11 is 0. The topological polar surface area (TPSA) is 48.0 Å². The number of hydrogen-bond donors (Lipinski definition) is 0. The summed E-state index contributed by atoms with van der Waals surface area (Å²) in [5.74, 6) is 2.48. The largest absolute Gasteiger partial charge is 0.308 e. The van der Waals surface area contributed by atoms with Crippen LogP contribution in [0.4, 0.5) is 0 Å². The quantitative estimate of drug-likeness (QED) is 0.221. The third kappa shape index (κ3) is 3.67. The third-order valence-electron chi connectivity index (χ3n) is 10.6. The highest BCUT2D eigenvalue weighted by molar-refractivity contribution is 6.15. The summed E-state index contributed by atoms with van der Waals surface area (Å²) in [5.41, 5.74) is 6.92. The van der Waals surface area contributed by atoms with Gasteiger partial charge in [0.15, 0.2) is 11.6 Å². The molecule has 0 N–H and O–H groups in total. The number of benzene rings is 5. The fourth-order valence-corrected chi connectivity index (χ4v) is 8.44. The number of hydrogen-bond acceptors (Lipinski definition) is 3. The van der Waals surface area contributed by atoms with Crippen LogP contribution in [0.3, 0.4) is 0 Å². The summed E-state index contributed by atoms with van der Waals surface area (Å²) in [7, 11) is 0. The molecule has 2 unspecified atom stereocenters. The van der Waals surface area contributed by atoms with Crippen LogP contribution in [-0.2, 0) is 0 Å². The average molecular weight is 628 g/mol. The van der Waals surface area contributed by atoms with Crippen molar-refractivity contribution in [2.45, 2.75) is 6.92 Å². The molecule has 2 atom stereocenters. The van der Waals surface area contributed by atoms with Gasteiger partial charge in [0.1, 0.15) is 0 Å². The van der Waals surface area contributed by atoms with Crippen LogP contribution in [0.5, 0.6) is 0 Å². The first-order valence-corrected chi connectivity index (χ1v) is 16.9. The van der Waals surface area contributed by atoms with E-state index in [2.05, 4.69) is 125 Å². The Morgan fingerprint density at radius 3 is 1.88 bits per heavy atom. The van der Waals surface area contributed by atoms with Crippen LogP contribution in [-0.4, -0.2) is 23.9 Å².